The molecule has 30 heteroatoms. The second kappa shape index (κ2) is 172. The summed E-state index contributed by atoms with van der Waals surface area (Å²) in [5.74, 6) is 18.9. The lowest BCUT2D eigenvalue weighted by Gasteiger charge is -2.05. The van der Waals surface area contributed by atoms with Crippen LogP contribution in [-0.2, 0) is 113 Å². The number of hydrogen-bond acceptors (Lipinski definition) is 30. The van der Waals surface area contributed by atoms with Crippen LogP contribution in [0.25, 0.3) is 0 Å². The monoisotopic (exact) mass is 2090 g/mol. The molecule has 0 unspecified atom stereocenters. The molecule has 0 bridgehead atoms. The Labute approximate surface area is 866 Å². The highest BCUT2D eigenvalue weighted by atomic mass is 32.2. The number of thioether (sulfide) groups is 10. The minimum Gasteiger partial charge on any atom is -0.385 e. The molecule has 0 N–H and O–H groups in total. The van der Waals surface area contributed by atoms with Gasteiger partial charge in [0, 0.05) is 266 Å². The summed E-state index contributed by atoms with van der Waals surface area (Å²) < 4.78 is 98.7. The van der Waals surface area contributed by atoms with E-state index in [0.29, 0.717) is 12.7 Å². The Hall–Kier alpha value is 0.360. The Morgan fingerprint density at radius 2 is 0.504 bits per heavy atom. The van der Waals surface area contributed by atoms with Gasteiger partial charge in [-0.1, -0.05) is 153 Å². The molecule has 0 aliphatic carbocycles. The summed E-state index contributed by atoms with van der Waals surface area (Å²) in [6, 6.07) is 31.3. The predicted molar refractivity (Wildman–Crippen MR) is 609 cm³/mol. The zero-order chi connectivity index (χ0) is 102. The molecule has 0 amide bonds. The van der Waals surface area contributed by atoms with E-state index in [4.69, 9.17) is 94.7 Å². The maximum atomic E-state index is 5.44. The third-order valence-corrected chi connectivity index (χ3v) is 24.5. The van der Waals surface area contributed by atoms with Crippen LogP contribution in [0.15, 0.2) is 91.0 Å². The van der Waals surface area contributed by atoms with Gasteiger partial charge in [-0.3, -0.25) is 0 Å². The predicted octanol–water partition coefficient (Wildman–Crippen LogP) is 25.8. The summed E-state index contributed by atoms with van der Waals surface area (Å²) in [5, 5.41) is 1.51. The quantitative estimate of drug-likeness (QED) is 0.0486. The Morgan fingerprint density at radius 1 is 0.226 bits per heavy atom. The van der Waals surface area contributed by atoms with Gasteiger partial charge in [-0.2, -0.15) is 118 Å². The van der Waals surface area contributed by atoms with Gasteiger partial charge < -0.3 is 94.7 Å². The van der Waals surface area contributed by atoms with Gasteiger partial charge in [-0.25, -0.2) is 0 Å². The van der Waals surface area contributed by atoms with Crippen LogP contribution in [0.2, 0.25) is 0 Å². The van der Waals surface area contributed by atoms with E-state index < -0.39 is 0 Å². The van der Waals surface area contributed by atoms with Gasteiger partial charge in [0.1, 0.15) is 0 Å². The van der Waals surface area contributed by atoms with Crippen LogP contribution in [0.3, 0.4) is 0 Å². The van der Waals surface area contributed by atoms with Gasteiger partial charge in [0.25, 0.3) is 0 Å². The van der Waals surface area contributed by atoms with Crippen LogP contribution < -0.4 is 0 Å². The third kappa shape index (κ3) is 211. The summed E-state index contributed by atoms with van der Waals surface area (Å²) in [6.45, 7) is 45.0. The minimum atomic E-state index is 0.349. The third-order valence-electron chi connectivity index (χ3n) is 14.6. The molecule has 0 aromatic heterocycles. The molecule has 133 heavy (non-hydrogen) atoms. The number of ether oxygens (including phenoxy) is 20. The standard InChI is InChI=1S/C11H16O2.C11H16OS.C10H14OS.2C7H16O2.2C7H16OS.C6H14O2.3C6H14OS.C5H12O2.2C5H12OS.C4H10OS/c2*1-12-8-5-9-13-10-11-6-3-2-4-7-11;1-11-7-8-12-9-10-5-3-2-4-6-10;1-7(2)9-6-4-5-8-3;1-3-5-9-7-4-6-8-2;1-7(2)9-6-4-5-8-3;1-3-6-9-7-4-5-8-2;1-3-8-6-4-5-7-2;1-6(2)8-5-4-7-3;1-3-8-6-4-5-7-2;1-3-5-8-6-4-7-2;2*1-6-4-3-5-7-2;1-3-7-5-4-6-2;1-5-3-4-6-2/h2*2-4,6-7H,5,8-10H2,1H3;2-6H,7-9H2,1H3;7H,4-6H2,1-3H3;3-7H2,1-2H3;7H,4-6H2,1-3H3;3-7H2,1-2H3;3-6H2,1-2H3;6H,4-5H2,1-3H3;2*3-6H2,1-2H3;3*3-5H2,1-2H3;3-4H2,1-2H3. The fourth-order valence-electron chi connectivity index (χ4n) is 8.00. The number of hydrogen-bond donors (Lipinski definition) is 0. The molecule has 0 atom stereocenters. The molecule has 804 valence electrons. The van der Waals surface area contributed by atoms with Crippen molar-refractivity contribution in [3.05, 3.63) is 108 Å². The second-order valence-corrected chi connectivity index (χ2v) is 41.0. The molecular weight excluding hydrogens is 1880 g/mol. The summed E-state index contributed by atoms with van der Waals surface area (Å²) in [7, 11) is 27.6. The van der Waals surface area contributed by atoms with Crippen molar-refractivity contribution in [1.29, 1.82) is 0 Å². The summed E-state index contributed by atoms with van der Waals surface area (Å²) in [6.07, 6.45) is 19.0. The van der Waals surface area contributed by atoms with Crippen molar-refractivity contribution < 1.29 is 94.7 Å². The molecule has 3 aromatic rings. The molecule has 0 spiro atoms. The van der Waals surface area contributed by atoms with E-state index >= 15 is 0 Å². The highest BCUT2D eigenvalue weighted by Crippen LogP contribution is 2.14. The fourth-order valence-corrected chi connectivity index (χ4v) is 14.8. The van der Waals surface area contributed by atoms with E-state index in [0.717, 1.165) is 241 Å². The first-order valence-electron chi connectivity index (χ1n) is 47.8. The Kier molecular flexibility index (Phi) is 205. The first-order chi connectivity index (χ1) is 64.8. The van der Waals surface area contributed by atoms with Crippen molar-refractivity contribution in [2.45, 2.75) is 201 Å². The summed E-state index contributed by atoms with van der Waals surface area (Å²) >= 11 is 19.3. The van der Waals surface area contributed by atoms with Crippen molar-refractivity contribution >= 4 is 118 Å². The lowest BCUT2D eigenvalue weighted by Crippen LogP contribution is -2.05. The zero-order valence-corrected chi connectivity index (χ0v) is 99.1. The average Bonchev–Trinajstić information content (AvgIpc) is 0.978. The molecule has 0 heterocycles. The Bertz CT molecular complexity index is 1980. The van der Waals surface area contributed by atoms with Gasteiger partial charge >= 0.3 is 0 Å². The summed E-state index contributed by atoms with van der Waals surface area (Å²) in [4.78, 5) is 0. The topological polar surface area (TPSA) is 185 Å². The lowest BCUT2D eigenvalue weighted by molar-refractivity contribution is 0.0609. The van der Waals surface area contributed by atoms with Crippen LogP contribution in [0.1, 0.15) is 183 Å². The van der Waals surface area contributed by atoms with Gasteiger partial charge in [0.2, 0.25) is 0 Å². The highest BCUT2D eigenvalue weighted by Gasteiger charge is 1.98. The number of benzene rings is 3. The second-order valence-electron chi connectivity index (χ2n) is 28.2. The van der Waals surface area contributed by atoms with E-state index in [-0.39, 0.29) is 0 Å². The first-order valence-corrected chi connectivity index (χ1v) is 59.6. The SMILES string of the molecule is CCCOCCCOC.CCCSCCCOC.CCCSCCOC.CCOCCCOC.CCSCCCOC.CCSCCOC.COCCCOC.COCCCOC(C)C.COCCCOCc1ccccc1.COCCCSC.COCCCSC(C)C.COCCCSCc1ccccc1.COCCSC.COCCSC(C)C.COCCSCc1ccccc1. The maximum Gasteiger partial charge on any atom is 0.0716 e. The number of rotatable bonds is 73. The van der Waals surface area contributed by atoms with Crippen molar-refractivity contribution in [2.75, 3.05) is 352 Å². The number of methoxy groups -OCH3 is 16. The minimum absolute atomic E-state index is 0.349. The average molecular weight is 2090 g/mol. The highest BCUT2D eigenvalue weighted by molar-refractivity contribution is 8.01. The molecule has 3 rings (SSSR count). The molecule has 0 aliphatic rings. The van der Waals surface area contributed by atoms with Crippen LogP contribution in [0, 0.1) is 0 Å². The largest absolute Gasteiger partial charge is 0.385 e. The normalized spacial score (nSPS) is 9.99. The van der Waals surface area contributed by atoms with E-state index in [1.54, 1.807) is 126 Å². The van der Waals surface area contributed by atoms with E-state index in [1.807, 2.05) is 151 Å². The van der Waals surface area contributed by atoms with E-state index in [2.05, 4.69) is 142 Å². The van der Waals surface area contributed by atoms with Gasteiger partial charge in [0.05, 0.1) is 45.7 Å². The van der Waals surface area contributed by atoms with Gasteiger partial charge in [-0.05, 0) is 196 Å². The molecule has 0 radical (unpaired) electrons. The van der Waals surface area contributed by atoms with Gasteiger partial charge in [0.15, 0.2) is 0 Å². The van der Waals surface area contributed by atoms with Crippen LogP contribution >= 0.6 is 118 Å². The molecular formula is C103H212O20S10. The summed E-state index contributed by atoms with van der Waals surface area (Å²) in [5.41, 5.74) is 4.02. The smallest absolute Gasteiger partial charge is 0.0716 e. The Morgan fingerprint density at radius 3 is 0.850 bits per heavy atom. The van der Waals surface area contributed by atoms with Gasteiger partial charge in [-0.15, -0.1) is 0 Å². The zero-order valence-electron chi connectivity index (χ0n) is 90.9. The fraction of sp³-hybridized carbons (Fsp3) is 0.825. The van der Waals surface area contributed by atoms with Crippen molar-refractivity contribution in [2.24, 2.45) is 0 Å². The lowest BCUT2D eigenvalue weighted by atomic mass is 10.2. The van der Waals surface area contributed by atoms with Crippen LogP contribution in [-0.4, -0.2) is 369 Å². The molecule has 0 aliphatic heterocycles. The van der Waals surface area contributed by atoms with E-state index in [1.165, 1.54) is 107 Å². The molecule has 0 saturated carbocycles. The van der Waals surface area contributed by atoms with E-state index in [9.17, 15) is 0 Å². The molecule has 0 fully saturated rings. The molecule has 20 nitrogen and oxygen atoms in total. The maximum absolute atomic E-state index is 5.44. The van der Waals surface area contributed by atoms with Crippen molar-refractivity contribution in [1.82, 2.24) is 0 Å². The van der Waals surface area contributed by atoms with Crippen molar-refractivity contribution in [3.8, 4) is 0 Å². The molecule has 3 aromatic carbocycles. The molecule has 0 saturated heterocycles. The Balaban J connectivity index is -0.000000119. The van der Waals surface area contributed by atoms with Crippen LogP contribution in [0.4, 0.5) is 0 Å². The van der Waals surface area contributed by atoms with Crippen molar-refractivity contribution in [3.63, 3.8) is 0 Å². The first kappa shape index (κ1) is 159. The van der Waals surface area contributed by atoms with Crippen LogP contribution in [0.5, 0.6) is 0 Å².